The predicted octanol–water partition coefficient (Wildman–Crippen LogP) is 2.70. The normalized spacial score (nSPS) is 18.3. The van der Waals surface area contributed by atoms with Gasteiger partial charge < -0.3 is 15.8 Å². The summed E-state index contributed by atoms with van der Waals surface area (Å²) in [6.45, 7) is 6.48. The first-order valence-electron chi connectivity index (χ1n) is 7.23. The summed E-state index contributed by atoms with van der Waals surface area (Å²) < 4.78 is 5.52. The molecule has 1 aliphatic heterocycles. The number of ether oxygens (including phenoxy) is 1. The van der Waals surface area contributed by atoms with Gasteiger partial charge in [-0.05, 0) is 69.3 Å². The third-order valence-electron chi connectivity index (χ3n) is 4.13. The molecule has 2 rings (SSSR count). The zero-order chi connectivity index (χ0) is 13.8. The lowest BCUT2D eigenvalue weighted by atomic mass is 9.87. The first kappa shape index (κ1) is 14.4. The van der Waals surface area contributed by atoms with E-state index in [-0.39, 0.29) is 6.04 Å². The van der Waals surface area contributed by atoms with E-state index in [2.05, 4.69) is 31.3 Å². The molecule has 3 heteroatoms. The fourth-order valence-corrected chi connectivity index (χ4v) is 3.18. The molecule has 0 saturated carbocycles. The number of nitrogens with one attached hydrogen (secondary N) is 1. The fraction of sp³-hybridized carbons (Fsp3) is 0.625. The lowest BCUT2D eigenvalue weighted by Gasteiger charge is -2.27. The highest BCUT2D eigenvalue weighted by molar-refractivity contribution is 5.44. The molecule has 0 aliphatic carbocycles. The number of hydrogen-bond donors (Lipinski definition) is 2. The first-order valence-corrected chi connectivity index (χ1v) is 7.23. The van der Waals surface area contributed by atoms with Gasteiger partial charge in [0.25, 0.3) is 0 Å². The van der Waals surface area contributed by atoms with Crippen LogP contribution in [0.5, 0.6) is 5.75 Å². The molecule has 1 aromatic rings. The molecule has 106 valence electrons. The molecule has 3 N–H and O–H groups in total. The average molecular weight is 262 g/mol. The van der Waals surface area contributed by atoms with E-state index in [1.54, 1.807) is 7.11 Å². The predicted molar refractivity (Wildman–Crippen MR) is 79.6 cm³/mol. The molecule has 1 aromatic carbocycles. The Balaban J connectivity index is 2.15. The number of aryl methyl sites for hydroxylation is 2. The van der Waals surface area contributed by atoms with E-state index < -0.39 is 0 Å². The van der Waals surface area contributed by atoms with Crippen LogP contribution in [-0.2, 0) is 0 Å². The molecule has 1 unspecified atom stereocenters. The van der Waals surface area contributed by atoms with Crippen molar-refractivity contribution >= 4 is 0 Å². The zero-order valence-corrected chi connectivity index (χ0v) is 12.3. The second-order valence-electron chi connectivity index (χ2n) is 5.73. The number of piperidine rings is 1. The van der Waals surface area contributed by atoms with E-state index in [1.165, 1.54) is 29.5 Å². The Kier molecular flexibility index (Phi) is 4.83. The Morgan fingerprint density at radius 3 is 2.63 bits per heavy atom. The van der Waals surface area contributed by atoms with Gasteiger partial charge in [-0.2, -0.15) is 0 Å². The standard InChI is InChI=1S/C16H26N2O/c1-11-8-12(2)16(15(9-11)19-3)14(17)10-13-4-6-18-7-5-13/h8-9,13-14,18H,4-7,10,17H2,1-3H3. The maximum atomic E-state index is 6.45. The van der Waals surface area contributed by atoms with E-state index in [0.717, 1.165) is 31.2 Å². The molecule has 1 heterocycles. The van der Waals surface area contributed by atoms with Crippen LogP contribution in [-0.4, -0.2) is 20.2 Å². The highest BCUT2D eigenvalue weighted by atomic mass is 16.5. The van der Waals surface area contributed by atoms with Gasteiger partial charge in [0, 0.05) is 11.6 Å². The average Bonchev–Trinajstić information content (AvgIpc) is 2.38. The van der Waals surface area contributed by atoms with Crippen molar-refractivity contribution in [2.24, 2.45) is 11.7 Å². The molecule has 19 heavy (non-hydrogen) atoms. The number of methoxy groups -OCH3 is 1. The summed E-state index contributed by atoms with van der Waals surface area (Å²) in [5.74, 6) is 1.68. The van der Waals surface area contributed by atoms with Gasteiger partial charge in [0.1, 0.15) is 5.75 Å². The number of hydrogen-bond acceptors (Lipinski definition) is 3. The first-order chi connectivity index (χ1) is 9.11. The monoisotopic (exact) mass is 262 g/mol. The minimum Gasteiger partial charge on any atom is -0.496 e. The van der Waals surface area contributed by atoms with Gasteiger partial charge in [-0.1, -0.05) is 6.07 Å². The minimum atomic E-state index is 0.0821. The van der Waals surface area contributed by atoms with Crippen molar-refractivity contribution in [3.05, 3.63) is 28.8 Å². The third-order valence-corrected chi connectivity index (χ3v) is 4.13. The summed E-state index contributed by atoms with van der Waals surface area (Å²) in [5, 5.41) is 3.40. The van der Waals surface area contributed by atoms with Crippen molar-refractivity contribution in [3.63, 3.8) is 0 Å². The van der Waals surface area contributed by atoms with Crippen molar-refractivity contribution in [2.45, 2.75) is 39.2 Å². The molecule has 1 saturated heterocycles. The van der Waals surface area contributed by atoms with Crippen LogP contribution in [0.15, 0.2) is 12.1 Å². The van der Waals surface area contributed by atoms with E-state index in [9.17, 15) is 0 Å². The SMILES string of the molecule is COc1cc(C)cc(C)c1C(N)CC1CCNCC1. The topological polar surface area (TPSA) is 47.3 Å². The molecule has 0 spiro atoms. The van der Waals surface area contributed by atoms with E-state index in [0.29, 0.717) is 0 Å². The summed E-state index contributed by atoms with van der Waals surface area (Å²) in [6, 6.07) is 4.36. The van der Waals surface area contributed by atoms with Crippen molar-refractivity contribution in [2.75, 3.05) is 20.2 Å². The summed E-state index contributed by atoms with van der Waals surface area (Å²) in [6.07, 6.45) is 3.53. The van der Waals surface area contributed by atoms with Gasteiger partial charge in [0.05, 0.1) is 7.11 Å². The molecule has 0 bridgehead atoms. The molecule has 0 aromatic heterocycles. The van der Waals surface area contributed by atoms with E-state index in [1.807, 2.05) is 0 Å². The van der Waals surface area contributed by atoms with E-state index >= 15 is 0 Å². The van der Waals surface area contributed by atoms with Crippen LogP contribution in [0, 0.1) is 19.8 Å². The maximum absolute atomic E-state index is 6.45. The lowest BCUT2D eigenvalue weighted by molar-refractivity contribution is 0.327. The minimum absolute atomic E-state index is 0.0821. The Morgan fingerprint density at radius 1 is 1.32 bits per heavy atom. The lowest BCUT2D eigenvalue weighted by Crippen LogP contribution is -2.30. The summed E-state index contributed by atoms with van der Waals surface area (Å²) >= 11 is 0. The highest BCUT2D eigenvalue weighted by Crippen LogP contribution is 2.33. The fourth-order valence-electron chi connectivity index (χ4n) is 3.18. The van der Waals surface area contributed by atoms with Crippen molar-refractivity contribution in [1.29, 1.82) is 0 Å². The molecule has 1 fully saturated rings. The molecule has 0 amide bonds. The Hall–Kier alpha value is -1.06. The van der Waals surface area contributed by atoms with Crippen LogP contribution < -0.4 is 15.8 Å². The van der Waals surface area contributed by atoms with Gasteiger partial charge >= 0.3 is 0 Å². The van der Waals surface area contributed by atoms with Crippen LogP contribution in [0.3, 0.4) is 0 Å². The van der Waals surface area contributed by atoms with Crippen LogP contribution in [0.4, 0.5) is 0 Å². The van der Waals surface area contributed by atoms with Gasteiger partial charge in [0.2, 0.25) is 0 Å². The van der Waals surface area contributed by atoms with Crippen LogP contribution in [0.1, 0.15) is 42.0 Å². The Labute approximate surface area is 116 Å². The molecule has 3 nitrogen and oxygen atoms in total. The summed E-state index contributed by atoms with van der Waals surface area (Å²) in [7, 11) is 1.73. The maximum Gasteiger partial charge on any atom is 0.124 e. The highest BCUT2D eigenvalue weighted by Gasteiger charge is 2.21. The smallest absolute Gasteiger partial charge is 0.124 e. The van der Waals surface area contributed by atoms with Crippen LogP contribution >= 0.6 is 0 Å². The number of rotatable bonds is 4. The third kappa shape index (κ3) is 3.48. The van der Waals surface area contributed by atoms with E-state index in [4.69, 9.17) is 10.5 Å². The van der Waals surface area contributed by atoms with Crippen LogP contribution in [0.2, 0.25) is 0 Å². The van der Waals surface area contributed by atoms with Gasteiger partial charge in [-0.15, -0.1) is 0 Å². The number of nitrogens with two attached hydrogens (primary N) is 1. The Bertz CT molecular complexity index is 425. The summed E-state index contributed by atoms with van der Waals surface area (Å²) in [5.41, 5.74) is 10.1. The van der Waals surface area contributed by atoms with Crippen molar-refractivity contribution < 1.29 is 4.74 Å². The largest absolute Gasteiger partial charge is 0.496 e. The quantitative estimate of drug-likeness (QED) is 0.877. The second kappa shape index (κ2) is 6.40. The van der Waals surface area contributed by atoms with Crippen LogP contribution in [0.25, 0.3) is 0 Å². The summed E-state index contributed by atoms with van der Waals surface area (Å²) in [4.78, 5) is 0. The van der Waals surface area contributed by atoms with Gasteiger partial charge in [0.15, 0.2) is 0 Å². The van der Waals surface area contributed by atoms with Crippen molar-refractivity contribution in [1.82, 2.24) is 5.32 Å². The molecule has 0 radical (unpaired) electrons. The molecule has 1 aliphatic rings. The Morgan fingerprint density at radius 2 is 2.00 bits per heavy atom. The molecular weight excluding hydrogens is 236 g/mol. The molecular formula is C16H26N2O. The van der Waals surface area contributed by atoms with Gasteiger partial charge in [-0.25, -0.2) is 0 Å². The van der Waals surface area contributed by atoms with Crippen molar-refractivity contribution in [3.8, 4) is 5.75 Å². The number of benzene rings is 1. The second-order valence-corrected chi connectivity index (χ2v) is 5.73. The zero-order valence-electron chi connectivity index (χ0n) is 12.3. The van der Waals surface area contributed by atoms with Gasteiger partial charge in [-0.3, -0.25) is 0 Å². The molecule has 1 atom stereocenters.